The van der Waals surface area contributed by atoms with Gasteiger partial charge in [0.1, 0.15) is 11.0 Å². The van der Waals surface area contributed by atoms with E-state index in [0.29, 0.717) is 10.8 Å². The van der Waals surface area contributed by atoms with E-state index in [1.807, 2.05) is 30.3 Å². The van der Waals surface area contributed by atoms with Crippen LogP contribution in [0.1, 0.15) is 29.7 Å². The third kappa shape index (κ3) is 3.96. The van der Waals surface area contributed by atoms with Crippen LogP contribution in [-0.2, 0) is 4.79 Å². The van der Waals surface area contributed by atoms with Crippen LogP contribution < -0.4 is 15.7 Å². The van der Waals surface area contributed by atoms with Gasteiger partial charge in [-0.15, -0.1) is 5.10 Å². The maximum absolute atomic E-state index is 13.1. The number of aromatic amines is 1. The second-order valence-corrected chi connectivity index (χ2v) is 7.61. The summed E-state index contributed by atoms with van der Waals surface area (Å²) in [7, 11) is 1.60. The van der Waals surface area contributed by atoms with Gasteiger partial charge < -0.3 is 10.1 Å². The highest BCUT2D eigenvalue weighted by Crippen LogP contribution is 2.40. The Kier molecular flexibility index (Phi) is 5.21. The lowest BCUT2D eigenvalue weighted by Crippen LogP contribution is -2.21. The molecule has 1 atom stereocenters. The van der Waals surface area contributed by atoms with E-state index in [1.54, 1.807) is 35.9 Å². The second-order valence-electron chi connectivity index (χ2n) is 6.54. The van der Waals surface area contributed by atoms with Crippen molar-refractivity contribution in [1.82, 2.24) is 14.8 Å². The summed E-state index contributed by atoms with van der Waals surface area (Å²) in [5, 5.41) is 9.58. The number of carbonyl (C=O) groups is 1. The van der Waals surface area contributed by atoms with Crippen LogP contribution in [0.15, 0.2) is 64.5 Å². The van der Waals surface area contributed by atoms with Crippen LogP contribution in [0, 0.1) is 0 Å². The number of thioether (sulfide) groups is 1. The van der Waals surface area contributed by atoms with E-state index in [1.165, 1.54) is 11.8 Å². The van der Waals surface area contributed by atoms with E-state index >= 15 is 0 Å². The molecule has 1 aromatic heterocycles. The van der Waals surface area contributed by atoms with Gasteiger partial charge in [0.25, 0.3) is 0 Å². The molecule has 0 bridgehead atoms. The highest BCUT2D eigenvalue weighted by molar-refractivity contribution is 8.00. The lowest BCUT2D eigenvalue weighted by atomic mass is 10.1. The number of nitrogens with zero attached hydrogens (tertiary/aromatic N) is 2. The van der Waals surface area contributed by atoms with Gasteiger partial charge in [-0.3, -0.25) is 9.36 Å². The van der Waals surface area contributed by atoms with Crippen molar-refractivity contribution >= 4 is 23.4 Å². The molecule has 1 aliphatic carbocycles. The Bertz CT molecular complexity index is 1010. The molecule has 2 aromatic carbocycles. The van der Waals surface area contributed by atoms with Crippen molar-refractivity contribution in [3.8, 4) is 5.75 Å². The summed E-state index contributed by atoms with van der Waals surface area (Å²) in [4.78, 5) is 25.2. The zero-order chi connectivity index (χ0) is 19.5. The maximum Gasteiger partial charge on any atom is 0.344 e. The van der Waals surface area contributed by atoms with Gasteiger partial charge >= 0.3 is 5.69 Å². The molecule has 28 heavy (non-hydrogen) atoms. The molecule has 3 aromatic rings. The van der Waals surface area contributed by atoms with E-state index in [0.717, 1.165) is 24.2 Å². The summed E-state index contributed by atoms with van der Waals surface area (Å²) >= 11 is 1.28. The SMILES string of the molecule is COc1ccc(NC(=O)[C@H](Sc2n[nH]c(=O)n2C2CC2)c2ccccc2)cc1. The fourth-order valence-electron chi connectivity index (χ4n) is 2.92. The van der Waals surface area contributed by atoms with Crippen molar-refractivity contribution in [2.75, 3.05) is 12.4 Å². The molecule has 0 unspecified atom stereocenters. The third-order valence-corrected chi connectivity index (χ3v) is 5.73. The number of benzene rings is 2. The molecule has 2 N–H and O–H groups in total. The van der Waals surface area contributed by atoms with E-state index in [4.69, 9.17) is 4.74 Å². The Morgan fingerprint density at radius 1 is 1.21 bits per heavy atom. The third-order valence-electron chi connectivity index (χ3n) is 4.51. The summed E-state index contributed by atoms with van der Waals surface area (Å²) < 4.78 is 6.81. The molecule has 0 saturated heterocycles. The van der Waals surface area contributed by atoms with Gasteiger partial charge in [0.2, 0.25) is 5.91 Å². The van der Waals surface area contributed by atoms with Gasteiger partial charge in [-0.05, 0) is 42.7 Å². The molecular weight excluding hydrogens is 376 g/mol. The van der Waals surface area contributed by atoms with E-state index in [2.05, 4.69) is 15.5 Å². The fourth-order valence-corrected chi connectivity index (χ4v) is 4.03. The molecule has 1 amide bonds. The van der Waals surface area contributed by atoms with E-state index in [-0.39, 0.29) is 17.6 Å². The molecule has 1 fully saturated rings. The minimum Gasteiger partial charge on any atom is -0.497 e. The number of amides is 1. The van der Waals surface area contributed by atoms with Crippen LogP contribution in [0.4, 0.5) is 5.69 Å². The molecule has 0 radical (unpaired) electrons. The Morgan fingerprint density at radius 2 is 1.93 bits per heavy atom. The summed E-state index contributed by atoms with van der Waals surface area (Å²) in [5.41, 5.74) is 1.29. The van der Waals surface area contributed by atoms with E-state index in [9.17, 15) is 9.59 Å². The predicted molar refractivity (Wildman–Crippen MR) is 108 cm³/mol. The molecule has 1 aliphatic rings. The van der Waals surface area contributed by atoms with Crippen molar-refractivity contribution in [2.24, 2.45) is 0 Å². The normalized spacial score (nSPS) is 14.5. The number of methoxy groups -OCH3 is 1. The average molecular weight is 396 g/mol. The van der Waals surface area contributed by atoms with Gasteiger partial charge in [-0.1, -0.05) is 42.1 Å². The molecular formula is C20H20N4O3S. The van der Waals surface area contributed by atoms with Crippen molar-refractivity contribution in [2.45, 2.75) is 29.3 Å². The van der Waals surface area contributed by atoms with Gasteiger partial charge in [-0.2, -0.15) is 0 Å². The van der Waals surface area contributed by atoms with Crippen molar-refractivity contribution in [3.63, 3.8) is 0 Å². The molecule has 4 rings (SSSR count). The summed E-state index contributed by atoms with van der Waals surface area (Å²) in [5.74, 6) is 0.538. The van der Waals surface area contributed by atoms with Crippen LogP contribution in [0.5, 0.6) is 5.75 Å². The standard InChI is InChI=1S/C20H20N4O3S/c1-27-16-11-7-14(8-12-16)21-18(25)17(13-5-3-2-4-6-13)28-20-23-22-19(26)24(20)15-9-10-15/h2-8,11-12,15,17H,9-10H2,1H3,(H,21,25)(H,22,26)/t17-/m1/s1. The first-order chi connectivity index (χ1) is 13.7. The number of nitrogens with one attached hydrogen (secondary N) is 2. The van der Waals surface area contributed by atoms with Crippen LogP contribution >= 0.6 is 11.8 Å². The maximum atomic E-state index is 13.1. The molecule has 144 valence electrons. The fraction of sp³-hybridized carbons (Fsp3) is 0.250. The number of aromatic nitrogens is 3. The van der Waals surface area contributed by atoms with Crippen LogP contribution in [0.2, 0.25) is 0 Å². The quantitative estimate of drug-likeness (QED) is 0.598. The lowest BCUT2D eigenvalue weighted by molar-refractivity contribution is -0.115. The lowest BCUT2D eigenvalue weighted by Gasteiger charge is -2.17. The van der Waals surface area contributed by atoms with Crippen molar-refractivity contribution in [3.05, 3.63) is 70.6 Å². The van der Waals surface area contributed by atoms with Crippen LogP contribution in [0.25, 0.3) is 0 Å². The first kappa shape index (κ1) is 18.4. The highest BCUT2D eigenvalue weighted by atomic mass is 32.2. The Labute approximate surface area is 166 Å². The van der Waals surface area contributed by atoms with E-state index < -0.39 is 5.25 Å². The number of H-pyrrole nitrogens is 1. The van der Waals surface area contributed by atoms with Crippen molar-refractivity contribution in [1.29, 1.82) is 0 Å². The summed E-state index contributed by atoms with van der Waals surface area (Å²) in [6, 6.07) is 16.8. The zero-order valence-corrected chi connectivity index (χ0v) is 16.1. The largest absolute Gasteiger partial charge is 0.497 e. The average Bonchev–Trinajstić information content (AvgIpc) is 3.49. The first-order valence-corrected chi connectivity index (χ1v) is 9.87. The molecule has 0 spiro atoms. The predicted octanol–water partition coefficient (Wildman–Crippen LogP) is 3.39. The van der Waals surface area contributed by atoms with Gasteiger partial charge in [0, 0.05) is 11.7 Å². The smallest absolute Gasteiger partial charge is 0.344 e. The van der Waals surface area contributed by atoms with Gasteiger partial charge in [0.05, 0.1) is 7.11 Å². The Morgan fingerprint density at radius 3 is 2.57 bits per heavy atom. The number of anilines is 1. The zero-order valence-electron chi connectivity index (χ0n) is 15.3. The van der Waals surface area contributed by atoms with Crippen LogP contribution in [0.3, 0.4) is 0 Å². The Hall–Kier alpha value is -3.00. The summed E-state index contributed by atoms with van der Waals surface area (Å²) in [6.45, 7) is 0. The van der Waals surface area contributed by atoms with Crippen molar-refractivity contribution < 1.29 is 9.53 Å². The summed E-state index contributed by atoms with van der Waals surface area (Å²) in [6.07, 6.45) is 1.92. The van der Waals surface area contributed by atoms with Gasteiger partial charge in [-0.25, -0.2) is 9.89 Å². The number of ether oxygens (including phenoxy) is 1. The minimum absolute atomic E-state index is 0.176. The Balaban J connectivity index is 1.60. The molecule has 7 nitrogen and oxygen atoms in total. The highest BCUT2D eigenvalue weighted by Gasteiger charge is 2.31. The topological polar surface area (TPSA) is 89.0 Å². The molecule has 0 aliphatic heterocycles. The number of hydrogen-bond donors (Lipinski definition) is 2. The first-order valence-electron chi connectivity index (χ1n) is 8.99. The molecule has 1 saturated carbocycles. The monoisotopic (exact) mass is 396 g/mol. The second kappa shape index (κ2) is 7.93. The number of carbonyl (C=O) groups excluding carboxylic acids is 1. The van der Waals surface area contributed by atoms with Crippen LogP contribution in [-0.4, -0.2) is 27.8 Å². The molecule has 8 heteroatoms. The van der Waals surface area contributed by atoms with Gasteiger partial charge in [0.15, 0.2) is 5.16 Å². The molecule has 1 heterocycles. The number of hydrogen-bond acceptors (Lipinski definition) is 5. The minimum atomic E-state index is -0.545. The number of rotatable bonds is 7.